The van der Waals surface area contributed by atoms with Gasteiger partial charge >= 0.3 is 0 Å². The van der Waals surface area contributed by atoms with E-state index in [0.717, 1.165) is 5.56 Å². The van der Waals surface area contributed by atoms with Gasteiger partial charge in [-0.1, -0.05) is 48.4 Å². The first-order valence-electron chi connectivity index (χ1n) is 4.45. The van der Waals surface area contributed by atoms with Crippen molar-refractivity contribution in [2.75, 3.05) is 0 Å². The summed E-state index contributed by atoms with van der Waals surface area (Å²) in [4.78, 5) is 0. The molecule has 0 spiro atoms. The summed E-state index contributed by atoms with van der Waals surface area (Å²) in [5.41, 5.74) is 2.29. The number of rotatable bonds is 0. The monoisotopic (exact) mass is 198 g/mol. The maximum Gasteiger partial charge on any atom is 0.0260 e. The largest absolute Gasteiger partial charge is 0.0918 e. The molecule has 0 saturated heterocycles. The van der Waals surface area contributed by atoms with Crippen LogP contribution in [0.15, 0.2) is 36.4 Å². The molecule has 0 heterocycles. The molecule has 0 amide bonds. The molecule has 0 fully saturated rings. The molecule has 0 saturated carbocycles. The van der Waals surface area contributed by atoms with Crippen LogP contribution in [0.3, 0.4) is 0 Å². The van der Waals surface area contributed by atoms with Gasteiger partial charge in [-0.25, -0.2) is 0 Å². The molecular formula is C13H10S. The van der Waals surface area contributed by atoms with Gasteiger partial charge in [0.15, 0.2) is 0 Å². The topological polar surface area (TPSA) is 0 Å². The number of thiol groups is 1. The highest BCUT2D eigenvalue weighted by atomic mass is 32.1. The number of aryl methyl sites for hydroxylation is 1. The first kappa shape index (κ1) is 9.18. The molecule has 0 bridgehead atoms. The Hall–Kier alpha value is -1.39. The Balaban J connectivity index is 2.65. The Kier molecular flexibility index (Phi) is 2.47. The maximum absolute atomic E-state index is 3.88. The predicted octanol–water partition coefficient (Wildman–Crippen LogP) is 3.39. The van der Waals surface area contributed by atoms with Gasteiger partial charge in [0.05, 0.1) is 0 Å². The zero-order valence-corrected chi connectivity index (χ0v) is 8.81. The van der Waals surface area contributed by atoms with Crippen LogP contribution in [-0.2, 0) is 0 Å². The van der Waals surface area contributed by atoms with Gasteiger partial charge in [-0.3, -0.25) is 0 Å². The quantitative estimate of drug-likeness (QED) is 0.487. The van der Waals surface area contributed by atoms with Crippen LogP contribution >= 0.6 is 12.6 Å². The zero-order chi connectivity index (χ0) is 9.97. The van der Waals surface area contributed by atoms with E-state index in [9.17, 15) is 0 Å². The van der Waals surface area contributed by atoms with Gasteiger partial charge in [0, 0.05) is 5.56 Å². The van der Waals surface area contributed by atoms with E-state index < -0.39 is 0 Å². The van der Waals surface area contributed by atoms with Crippen molar-refractivity contribution >= 4 is 23.4 Å². The normalized spacial score (nSPS) is 9.57. The Morgan fingerprint density at radius 2 is 1.71 bits per heavy atom. The lowest BCUT2D eigenvalue weighted by Gasteiger charge is -1.99. The Labute approximate surface area is 89.4 Å². The summed E-state index contributed by atoms with van der Waals surface area (Å²) < 4.78 is 0. The molecule has 0 unspecified atom stereocenters. The van der Waals surface area contributed by atoms with Crippen molar-refractivity contribution < 1.29 is 0 Å². The Morgan fingerprint density at radius 3 is 2.50 bits per heavy atom. The van der Waals surface area contributed by atoms with E-state index in [-0.39, 0.29) is 0 Å². The molecule has 2 rings (SSSR count). The Morgan fingerprint density at radius 1 is 1.00 bits per heavy atom. The van der Waals surface area contributed by atoms with Gasteiger partial charge in [-0.05, 0) is 35.1 Å². The van der Waals surface area contributed by atoms with Crippen molar-refractivity contribution in [3.63, 3.8) is 0 Å². The highest BCUT2D eigenvalue weighted by Gasteiger charge is 1.94. The maximum atomic E-state index is 3.88. The molecule has 14 heavy (non-hydrogen) atoms. The second-order valence-electron chi connectivity index (χ2n) is 3.30. The van der Waals surface area contributed by atoms with Crippen LogP contribution in [-0.4, -0.2) is 0 Å². The lowest BCUT2D eigenvalue weighted by atomic mass is 10.1. The van der Waals surface area contributed by atoms with Gasteiger partial charge in [0.25, 0.3) is 0 Å². The van der Waals surface area contributed by atoms with Gasteiger partial charge in [-0.15, -0.1) is 0 Å². The molecule has 0 aliphatic rings. The number of hydrogen-bond acceptors (Lipinski definition) is 1. The van der Waals surface area contributed by atoms with E-state index in [2.05, 4.69) is 61.1 Å². The highest BCUT2D eigenvalue weighted by molar-refractivity contribution is 7.85. The summed E-state index contributed by atoms with van der Waals surface area (Å²) in [7, 11) is 0. The molecule has 2 aromatic carbocycles. The standard InChI is InChI=1S/C13H10S/c1-10-2-4-13-9-11(6-7-14)3-5-12(13)8-10/h2-5,8-9,14H,1H3. The SMILES string of the molecule is Cc1ccc2cc(C#CS)ccc2c1. The summed E-state index contributed by atoms with van der Waals surface area (Å²) in [6.07, 6.45) is 0. The van der Waals surface area contributed by atoms with Crippen molar-refractivity contribution in [3.8, 4) is 11.2 Å². The third kappa shape index (κ3) is 1.76. The molecular weight excluding hydrogens is 188 g/mol. The minimum Gasteiger partial charge on any atom is -0.0918 e. The van der Waals surface area contributed by atoms with Crippen LogP contribution in [0.4, 0.5) is 0 Å². The van der Waals surface area contributed by atoms with Crippen LogP contribution in [0.1, 0.15) is 11.1 Å². The summed E-state index contributed by atoms with van der Waals surface area (Å²) in [5.74, 6) is 2.93. The molecule has 0 aromatic heterocycles. The highest BCUT2D eigenvalue weighted by Crippen LogP contribution is 2.17. The molecule has 2 aromatic rings. The van der Waals surface area contributed by atoms with Crippen LogP contribution in [0.2, 0.25) is 0 Å². The fourth-order valence-corrected chi connectivity index (χ4v) is 1.64. The lowest BCUT2D eigenvalue weighted by molar-refractivity contribution is 1.50. The first-order valence-corrected chi connectivity index (χ1v) is 4.90. The van der Waals surface area contributed by atoms with E-state index in [1.165, 1.54) is 16.3 Å². The van der Waals surface area contributed by atoms with Gasteiger partial charge in [0.2, 0.25) is 0 Å². The summed E-state index contributed by atoms with van der Waals surface area (Å²) in [5, 5.41) is 5.09. The Bertz CT molecular complexity index is 530. The average molecular weight is 198 g/mol. The van der Waals surface area contributed by atoms with Crippen molar-refractivity contribution in [1.29, 1.82) is 0 Å². The minimum atomic E-state index is 1.01. The smallest absolute Gasteiger partial charge is 0.0260 e. The third-order valence-corrected chi connectivity index (χ3v) is 2.31. The molecule has 0 aliphatic carbocycles. The van der Waals surface area contributed by atoms with E-state index >= 15 is 0 Å². The average Bonchev–Trinajstić information content (AvgIpc) is 2.19. The fraction of sp³-hybridized carbons (Fsp3) is 0.0769. The second kappa shape index (κ2) is 3.77. The molecule has 1 heteroatoms. The predicted molar refractivity (Wildman–Crippen MR) is 64.5 cm³/mol. The van der Waals surface area contributed by atoms with Crippen LogP contribution in [0, 0.1) is 18.1 Å². The summed E-state index contributed by atoms with van der Waals surface area (Å²) in [6.45, 7) is 2.10. The summed E-state index contributed by atoms with van der Waals surface area (Å²) in [6, 6.07) is 12.6. The van der Waals surface area contributed by atoms with E-state index in [0.29, 0.717) is 0 Å². The van der Waals surface area contributed by atoms with Crippen LogP contribution in [0.25, 0.3) is 10.8 Å². The van der Waals surface area contributed by atoms with Crippen molar-refractivity contribution in [3.05, 3.63) is 47.5 Å². The van der Waals surface area contributed by atoms with Crippen molar-refractivity contribution in [2.45, 2.75) is 6.92 Å². The lowest BCUT2D eigenvalue weighted by Crippen LogP contribution is -1.78. The first-order chi connectivity index (χ1) is 6.79. The number of fused-ring (bicyclic) bond motifs is 1. The van der Waals surface area contributed by atoms with Crippen LogP contribution in [0.5, 0.6) is 0 Å². The van der Waals surface area contributed by atoms with E-state index in [1.54, 1.807) is 0 Å². The van der Waals surface area contributed by atoms with Gasteiger partial charge < -0.3 is 0 Å². The molecule has 0 radical (unpaired) electrons. The van der Waals surface area contributed by atoms with Gasteiger partial charge in [0.1, 0.15) is 0 Å². The van der Waals surface area contributed by atoms with E-state index in [1.807, 2.05) is 6.07 Å². The minimum absolute atomic E-state index is 1.01. The number of hydrogen-bond donors (Lipinski definition) is 1. The molecule has 0 nitrogen and oxygen atoms in total. The van der Waals surface area contributed by atoms with Crippen molar-refractivity contribution in [1.82, 2.24) is 0 Å². The molecule has 0 N–H and O–H groups in total. The van der Waals surface area contributed by atoms with Gasteiger partial charge in [-0.2, -0.15) is 0 Å². The van der Waals surface area contributed by atoms with E-state index in [4.69, 9.17) is 0 Å². The molecule has 0 aliphatic heterocycles. The number of benzene rings is 2. The third-order valence-electron chi connectivity index (χ3n) is 2.20. The fourth-order valence-electron chi connectivity index (χ4n) is 1.51. The summed E-state index contributed by atoms with van der Waals surface area (Å²) >= 11 is 3.88. The zero-order valence-electron chi connectivity index (χ0n) is 7.91. The second-order valence-corrected chi connectivity index (χ2v) is 3.53. The molecule has 68 valence electrons. The van der Waals surface area contributed by atoms with Crippen molar-refractivity contribution in [2.24, 2.45) is 0 Å². The van der Waals surface area contributed by atoms with Crippen LogP contribution < -0.4 is 0 Å². The molecule has 0 atom stereocenters.